The van der Waals surface area contributed by atoms with E-state index in [0.29, 0.717) is 13.2 Å². The van der Waals surface area contributed by atoms with E-state index in [-0.39, 0.29) is 18.8 Å². The van der Waals surface area contributed by atoms with Crippen LogP contribution >= 0.6 is 0 Å². The predicted molar refractivity (Wildman–Crippen MR) is 50.0 cm³/mol. The molecule has 0 spiro atoms. The molecule has 1 heterocycles. The smallest absolute Gasteiger partial charge is 0.410 e. The van der Waals surface area contributed by atoms with Crippen molar-refractivity contribution in [3.63, 3.8) is 0 Å². The van der Waals surface area contributed by atoms with E-state index in [1.165, 1.54) is 7.11 Å². The SMILES string of the molecule is COC(=O)N1CCOC(CO)C1(C)C. The number of rotatable bonds is 1. The maximum Gasteiger partial charge on any atom is 0.410 e. The summed E-state index contributed by atoms with van der Waals surface area (Å²) in [5, 5.41) is 9.10. The summed E-state index contributed by atoms with van der Waals surface area (Å²) in [6.45, 7) is 4.54. The molecule has 0 bridgehead atoms. The van der Waals surface area contributed by atoms with E-state index in [1.54, 1.807) is 4.90 Å². The number of amides is 1. The average Bonchev–Trinajstić information content (AvgIpc) is 2.16. The van der Waals surface area contributed by atoms with Crippen LogP contribution in [0.5, 0.6) is 0 Å². The van der Waals surface area contributed by atoms with Crippen molar-refractivity contribution >= 4 is 6.09 Å². The second-order valence-electron chi connectivity index (χ2n) is 3.82. The quantitative estimate of drug-likeness (QED) is 0.662. The highest BCUT2D eigenvalue weighted by molar-refractivity contribution is 5.68. The molecule has 1 unspecified atom stereocenters. The topological polar surface area (TPSA) is 59.0 Å². The molecule has 14 heavy (non-hydrogen) atoms. The third kappa shape index (κ3) is 1.83. The number of ether oxygens (including phenoxy) is 2. The first-order chi connectivity index (χ1) is 6.54. The summed E-state index contributed by atoms with van der Waals surface area (Å²) in [5.41, 5.74) is -0.528. The minimum absolute atomic E-state index is 0.0967. The van der Waals surface area contributed by atoms with Gasteiger partial charge in [-0.2, -0.15) is 0 Å². The van der Waals surface area contributed by atoms with E-state index >= 15 is 0 Å². The number of carbonyl (C=O) groups excluding carboxylic acids is 1. The van der Waals surface area contributed by atoms with Crippen LogP contribution in [0.1, 0.15) is 13.8 Å². The summed E-state index contributed by atoms with van der Waals surface area (Å²) >= 11 is 0. The van der Waals surface area contributed by atoms with Gasteiger partial charge < -0.3 is 14.6 Å². The molecule has 0 aromatic heterocycles. The monoisotopic (exact) mass is 203 g/mol. The van der Waals surface area contributed by atoms with Crippen LogP contribution in [0.3, 0.4) is 0 Å². The van der Waals surface area contributed by atoms with Crippen molar-refractivity contribution in [3.05, 3.63) is 0 Å². The van der Waals surface area contributed by atoms with Gasteiger partial charge in [0, 0.05) is 6.54 Å². The zero-order valence-electron chi connectivity index (χ0n) is 8.82. The molecule has 1 fully saturated rings. The minimum Gasteiger partial charge on any atom is -0.453 e. The molecule has 82 valence electrons. The van der Waals surface area contributed by atoms with Gasteiger partial charge in [0.2, 0.25) is 0 Å². The van der Waals surface area contributed by atoms with Crippen LogP contribution in [0.2, 0.25) is 0 Å². The zero-order chi connectivity index (χ0) is 10.8. The summed E-state index contributed by atoms with van der Waals surface area (Å²) in [4.78, 5) is 13.0. The molecule has 1 amide bonds. The first-order valence-electron chi connectivity index (χ1n) is 4.62. The molecule has 1 saturated heterocycles. The number of hydrogen-bond acceptors (Lipinski definition) is 4. The van der Waals surface area contributed by atoms with E-state index in [9.17, 15) is 4.79 Å². The number of aliphatic hydroxyl groups excluding tert-OH is 1. The fourth-order valence-electron chi connectivity index (χ4n) is 1.67. The maximum absolute atomic E-state index is 11.4. The molecular weight excluding hydrogens is 186 g/mol. The van der Waals surface area contributed by atoms with Crippen molar-refractivity contribution < 1.29 is 19.4 Å². The van der Waals surface area contributed by atoms with Crippen LogP contribution in [0.15, 0.2) is 0 Å². The summed E-state index contributed by atoms with van der Waals surface area (Å²) in [6.07, 6.45) is -0.730. The van der Waals surface area contributed by atoms with E-state index in [2.05, 4.69) is 4.74 Å². The Bertz CT molecular complexity index is 217. The highest BCUT2D eigenvalue weighted by Crippen LogP contribution is 2.25. The average molecular weight is 203 g/mol. The van der Waals surface area contributed by atoms with Crippen molar-refractivity contribution in [2.45, 2.75) is 25.5 Å². The Morgan fingerprint density at radius 3 is 2.86 bits per heavy atom. The largest absolute Gasteiger partial charge is 0.453 e. The van der Waals surface area contributed by atoms with Gasteiger partial charge in [-0.25, -0.2) is 4.79 Å². The van der Waals surface area contributed by atoms with Gasteiger partial charge in [0.1, 0.15) is 6.10 Å². The Morgan fingerprint density at radius 1 is 1.71 bits per heavy atom. The standard InChI is InChI=1S/C9H17NO4/c1-9(2)7(6-11)14-5-4-10(9)8(12)13-3/h7,11H,4-6H2,1-3H3. The van der Waals surface area contributed by atoms with Gasteiger partial charge in [-0.05, 0) is 13.8 Å². The summed E-state index contributed by atoms with van der Waals surface area (Å²) in [5.74, 6) is 0. The van der Waals surface area contributed by atoms with Gasteiger partial charge in [0.05, 0.1) is 25.9 Å². The highest BCUT2D eigenvalue weighted by atomic mass is 16.5. The Kier molecular flexibility index (Phi) is 3.34. The first kappa shape index (κ1) is 11.3. The molecule has 0 aromatic carbocycles. The van der Waals surface area contributed by atoms with E-state index in [4.69, 9.17) is 9.84 Å². The van der Waals surface area contributed by atoms with Crippen molar-refractivity contribution in [1.29, 1.82) is 0 Å². The van der Waals surface area contributed by atoms with Crippen LogP contribution in [-0.2, 0) is 9.47 Å². The van der Waals surface area contributed by atoms with Crippen molar-refractivity contribution in [2.75, 3.05) is 26.9 Å². The molecule has 1 rings (SSSR count). The molecule has 0 aromatic rings. The molecule has 1 N–H and O–H groups in total. The van der Waals surface area contributed by atoms with Gasteiger partial charge in [-0.1, -0.05) is 0 Å². The minimum atomic E-state index is -0.528. The predicted octanol–water partition coefficient (Wildman–Crippen LogP) is 0.224. The van der Waals surface area contributed by atoms with Crippen LogP contribution in [0, 0.1) is 0 Å². The number of carbonyl (C=O) groups is 1. The molecule has 0 radical (unpaired) electrons. The number of morpholine rings is 1. The van der Waals surface area contributed by atoms with Gasteiger partial charge in [-0.15, -0.1) is 0 Å². The Labute approximate surface area is 83.6 Å². The van der Waals surface area contributed by atoms with E-state index in [1.807, 2.05) is 13.8 Å². The lowest BCUT2D eigenvalue weighted by Gasteiger charge is -2.45. The first-order valence-corrected chi connectivity index (χ1v) is 4.62. The van der Waals surface area contributed by atoms with Gasteiger partial charge in [0.25, 0.3) is 0 Å². The maximum atomic E-state index is 11.4. The van der Waals surface area contributed by atoms with Crippen molar-refractivity contribution in [1.82, 2.24) is 4.90 Å². The molecule has 1 aliphatic rings. The molecular formula is C9H17NO4. The molecule has 0 aliphatic carbocycles. The van der Waals surface area contributed by atoms with E-state index in [0.717, 1.165) is 0 Å². The van der Waals surface area contributed by atoms with Gasteiger partial charge >= 0.3 is 6.09 Å². The van der Waals surface area contributed by atoms with Crippen molar-refractivity contribution in [3.8, 4) is 0 Å². The van der Waals surface area contributed by atoms with E-state index < -0.39 is 5.54 Å². The number of aliphatic hydroxyl groups is 1. The normalized spacial score (nSPS) is 26.0. The molecule has 5 nitrogen and oxygen atoms in total. The fourth-order valence-corrected chi connectivity index (χ4v) is 1.67. The van der Waals surface area contributed by atoms with Crippen LogP contribution in [0.4, 0.5) is 4.79 Å². The zero-order valence-corrected chi connectivity index (χ0v) is 8.82. The van der Waals surface area contributed by atoms with Crippen LogP contribution < -0.4 is 0 Å². The molecule has 5 heteroatoms. The lowest BCUT2D eigenvalue weighted by molar-refractivity contribution is -0.118. The lowest BCUT2D eigenvalue weighted by atomic mass is 9.94. The summed E-state index contributed by atoms with van der Waals surface area (Å²) in [6, 6.07) is 0. The number of methoxy groups -OCH3 is 1. The molecule has 1 atom stereocenters. The third-order valence-corrected chi connectivity index (χ3v) is 2.68. The van der Waals surface area contributed by atoms with Gasteiger partial charge in [0.15, 0.2) is 0 Å². The van der Waals surface area contributed by atoms with Crippen LogP contribution in [0.25, 0.3) is 0 Å². The summed E-state index contributed by atoms with van der Waals surface area (Å²) < 4.78 is 10.0. The fraction of sp³-hybridized carbons (Fsp3) is 0.889. The third-order valence-electron chi connectivity index (χ3n) is 2.68. The van der Waals surface area contributed by atoms with Crippen molar-refractivity contribution in [2.24, 2.45) is 0 Å². The second-order valence-corrected chi connectivity index (χ2v) is 3.82. The molecule has 1 aliphatic heterocycles. The Balaban J connectivity index is 2.79. The number of hydrogen-bond donors (Lipinski definition) is 1. The lowest BCUT2D eigenvalue weighted by Crippen LogP contribution is -2.61. The second kappa shape index (κ2) is 4.14. The van der Waals surface area contributed by atoms with Gasteiger partial charge in [-0.3, -0.25) is 4.90 Å². The van der Waals surface area contributed by atoms with Crippen LogP contribution in [-0.4, -0.2) is 54.6 Å². The highest BCUT2D eigenvalue weighted by Gasteiger charge is 2.42. The number of nitrogens with zero attached hydrogens (tertiary/aromatic N) is 1. The Hall–Kier alpha value is -0.810. The summed E-state index contributed by atoms with van der Waals surface area (Å²) in [7, 11) is 1.35. The Morgan fingerprint density at radius 2 is 2.36 bits per heavy atom. The molecule has 0 saturated carbocycles.